The van der Waals surface area contributed by atoms with Gasteiger partial charge in [0.15, 0.2) is 0 Å². The van der Waals surface area contributed by atoms with Crippen molar-refractivity contribution in [3.8, 4) is 0 Å². The number of ether oxygens (including phenoxy) is 1. The van der Waals surface area contributed by atoms with Gasteiger partial charge < -0.3 is 14.5 Å². The molecule has 0 N–H and O–H groups in total. The number of nitrogens with zero attached hydrogens (tertiary/aromatic N) is 4. The number of fused-ring (bicyclic) bond motifs is 1. The predicted octanol–water partition coefficient (Wildman–Crippen LogP) is 4.76. The van der Waals surface area contributed by atoms with Crippen molar-refractivity contribution in [1.29, 1.82) is 0 Å². The molecule has 4 aromatic rings. The summed E-state index contributed by atoms with van der Waals surface area (Å²) in [6.07, 6.45) is 1.10. The van der Waals surface area contributed by atoms with E-state index in [0.29, 0.717) is 45.0 Å². The van der Waals surface area contributed by atoms with Gasteiger partial charge in [-0.15, -0.1) is 0 Å². The third-order valence-electron chi connectivity index (χ3n) is 7.47. The molecular weight excluding hydrogens is 491 g/mol. The topological polar surface area (TPSA) is 58.6 Å². The second kappa shape index (κ2) is 11.3. The Balaban J connectivity index is 1.34. The number of amides is 1. The van der Waals surface area contributed by atoms with E-state index in [2.05, 4.69) is 4.90 Å². The summed E-state index contributed by atoms with van der Waals surface area (Å²) in [5, 5.41) is 0. The molecule has 6 nitrogen and oxygen atoms in total. The van der Waals surface area contributed by atoms with Crippen molar-refractivity contribution in [2.75, 3.05) is 37.7 Å². The maximum atomic E-state index is 14.2. The molecule has 6 rings (SSSR count). The van der Waals surface area contributed by atoms with Crippen LogP contribution in [0.5, 0.6) is 0 Å². The number of morpholine rings is 1. The number of hydrogen-bond donors (Lipinski definition) is 0. The Morgan fingerprint density at radius 1 is 0.872 bits per heavy atom. The Morgan fingerprint density at radius 3 is 2.23 bits per heavy atom. The molecule has 0 saturated carbocycles. The van der Waals surface area contributed by atoms with Crippen molar-refractivity contribution in [3.63, 3.8) is 0 Å². The molecular formula is C32H31FN4O2. The zero-order chi connectivity index (χ0) is 26.6. The molecule has 2 aliphatic rings. The first-order valence-corrected chi connectivity index (χ1v) is 13.5. The molecule has 0 aliphatic carbocycles. The summed E-state index contributed by atoms with van der Waals surface area (Å²) in [4.78, 5) is 28.2. The normalized spacial score (nSPS) is 15.3. The molecule has 3 heterocycles. The van der Waals surface area contributed by atoms with E-state index in [1.807, 2.05) is 71.6 Å². The van der Waals surface area contributed by atoms with Crippen LogP contribution in [-0.4, -0.2) is 53.6 Å². The molecule has 7 heteroatoms. The number of carbonyl (C=O) groups excluding carboxylic acids is 1. The van der Waals surface area contributed by atoms with Gasteiger partial charge in [-0.25, -0.2) is 14.4 Å². The fourth-order valence-electron chi connectivity index (χ4n) is 5.53. The summed E-state index contributed by atoms with van der Waals surface area (Å²) in [6, 6.07) is 26.5. The first-order valence-electron chi connectivity index (χ1n) is 13.5. The van der Waals surface area contributed by atoms with Gasteiger partial charge in [0.1, 0.15) is 17.5 Å². The molecule has 0 radical (unpaired) electrons. The average molecular weight is 523 g/mol. The number of halogens is 1. The fourth-order valence-corrected chi connectivity index (χ4v) is 5.53. The lowest BCUT2D eigenvalue weighted by atomic mass is 9.89. The maximum absolute atomic E-state index is 14.2. The zero-order valence-corrected chi connectivity index (χ0v) is 21.8. The van der Waals surface area contributed by atoms with Gasteiger partial charge >= 0.3 is 0 Å². The van der Waals surface area contributed by atoms with E-state index in [9.17, 15) is 9.18 Å². The minimum atomic E-state index is -0.381. The highest BCUT2D eigenvalue weighted by Crippen LogP contribution is 2.32. The highest BCUT2D eigenvalue weighted by Gasteiger charge is 2.33. The lowest BCUT2D eigenvalue weighted by molar-refractivity contribution is -0.132. The molecule has 198 valence electrons. The van der Waals surface area contributed by atoms with Crippen molar-refractivity contribution in [2.24, 2.45) is 0 Å². The second-order valence-electron chi connectivity index (χ2n) is 10.1. The minimum Gasteiger partial charge on any atom is -0.378 e. The third kappa shape index (κ3) is 5.54. The van der Waals surface area contributed by atoms with Crippen LogP contribution >= 0.6 is 0 Å². The predicted molar refractivity (Wildman–Crippen MR) is 148 cm³/mol. The molecule has 1 amide bonds. The summed E-state index contributed by atoms with van der Waals surface area (Å²) in [6.45, 7) is 3.76. The monoisotopic (exact) mass is 522 g/mol. The summed E-state index contributed by atoms with van der Waals surface area (Å²) < 4.78 is 19.4. The van der Waals surface area contributed by atoms with E-state index >= 15 is 0 Å². The summed E-state index contributed by atoms with van der Waals surface area (Å²) in [5.41, 5.74) is 4.77. The number of benzene rings is 3. The summed E-state index contributed by atoms with van der Waals surface area (Å²) in [5.74, 6) is 0.971. The van der Waals surface area contributed by atoms with Crippen molar-refractivity contribution < 1.29 is 13.9 Å². The van der Waals surface area contributed by atoms with Crippen LogP contribution in [0.2, 0.25) is 0 Å². The van der Waals surface area contributed by atoms with E-state index in [0.717, 1.165) is 46.9 Å². The minimum absolute atomic E-state index is 0.0785. The Labute approximate surface area is 228 Å². The molecule has 3 aromatic carbocycles. The standard InChI is InChI=1S/C32H31FN4O2/c33-26-13-7-8-23(20-26)21-29-34-28-14-15-37(22-27(28)31(35-29)36-16-18-39-19-17-36)32(38)30(24-9-3-1-4-10-24)25-11-5-2-6-12-25/h1-13,20,30H,14-19,21-22H2. The van der Waals surface area contributed by atoms with Gasteiger partial charge in [-0.3, -0.25) is 4.79 Å². The van der Waals surface area contributed by atoms with E-state index in [1.54, 1.807) is 6.07 Å². The Bertz CT molecular complexity index is 1400. The molecule has 1 saturated heterocycles. The Kier molecular flexibility index (Phi) is 7.32. The van der Waals surface area contributed by atoms with E-state index < -0.39 is 0 Å². The average Bonchev–Trinajstić information content (AvgIpc) is 2.98. The van der Waals surface area contributed by atoms with Gasteiger partial charge in [0.25, 0.3) is 0 Å². The van der Waals surface area contributed by atoms with Crippen LogP contribution in [0.1, 0.15) is 39.7 Å². The lowest BCUT2D eigenvalue weighted by Crippen LogP contribution is -2.42. The molecule has 39 heavy (non-hydrogen) atoms. The van der Waals surface area contributed by atoms with E-state index in [4.69, 9.17) is 14.7 Å². The van der Waals surface area contributed by atoms with Crippen LogP contribution in [0.15, 0.2) is 84.9 Å². The van der Waals surface area contributed by atoms with Gasteiger partial charge in [0, 0.05) is 38.0 Å². The second-order valence-corrected chi connectivity index (χ2v) is 10.1. The van der Waals surface area contributed by atoms with Gasteiger partial charge in [0.2, 0.25) is 5.91 Å². The quantitative estimate of drug-likeness (QED) is 0.366. The van der Waals surface area contributed by atoms with Crippen LogP contribution in [-0.2, 0) is 28.9 Å². The van der Waals surface area contributed by atoms with Crippen molar-refractivity contribution in [2.45, 2.75) is 25.3 Å². The van der Waals surface area contributed by atoms with E-state index in [-0.39, 0.29) is 17.6 Å². The van der Waals surface area contributed by atoms with Gasteiger partial charge in [-0.2, -0.15) is 0 Å². The highest BCUT2D eigenvalue weighted by molar-refractivity contribution is 5.87. The number of rotatable bonds is 6. The molecule has 0 atom stereocenters. The maximum Gasteiger partial charge on any atom is 0.234 e. The van der Waals surface area contributed by atoms with Crippen LogP contribution in [0.4, 0.5) is 10.2 Å². The van der Waals surface area contributed by atoms with Crippen molar-refractivity contribution in [3.05, 3.63) is 125 Å². The van der Waals surface area contributed by atoms with Gasteiger partial charge in [-0.1, -0.05) is 72.8 Å². The third-order valence-corrected chi connectivity index (χ3v) is 7.47. The SMILES string of the molecule is O=C(C(c1ccccc1)c1ccccc1)N1CCc2nc(Cc3cccc(F)c3)nc(N3CCOCC3)c2C1. The largest absolute Gasteiger partial charge is 0.378 e. The summed E-state index contributed by atoms with van der Waals surface area (Å²) in [7, 11) is 0. The molecule has 2 aliphatic heterocycles. The van der Waals surface area contributed by atoms with Gasteiger partial charge in [0.05, 0.1) is 31.4 Å². The molecule has 0 unspecified atom stereocenters. The highest BCUT2D eigenvalue weighted by atomic mass is 19.1. The van der Waals surface area contributed by atoms with Crippen molar-refractivity contribution >= 4 is 11.7 Å². The molecule has 1 fully saturated rings. The Hall–Kier alpha value is -4.10. The summed E-state index contributed by atoms with van der Waals surface area (Å²) >= 11 is 0. The van der Waals surface area contributed by atoms with Crippen LogP contribution in [0.25, 0.3) is 0 Å². The fraction of sp³-hybridized carbons (Fsp3) is 0.281. The lowest BCUT2D eigenvalue weighted by Gasteiger charge is -2.36. The number of anilines is 1. The number of carbonyl (C=O) groups is 1. The smallest absolute Gasteiger partial charge is 0.234 e. The first kappa shape index (κ1) is 25.2. The zero-order valence-electron chi connectivity index (χ0n) is 21.8. The first-order chi connectivity index (χ1) is 19.2. The molecule has 0 spiro atoms. The molecule has 0 bridgehead atoms. The Morgan fingerprint density at radius 2 is 1.56 bits per heavy atom. The van der Waals surface area contributed by atoms with Crippen LogP contribution in [0, 0.1) is 5.82 Å². The number of hydrogen-bond acceptors (Lipinski definition) is 5. The van der Waals surface area contributed by atoms with Crippen LogP contribution in [0.3, 0.4) is 0 Å². The van der Waals surface area contributed by atoms with Gasteiger partial charge in [-0.05, 0) is 28.8 Å². The molecule has 1 aromatic heterocycles. The van der Waals surface area contributed by atoms with E-state index in [1.165, 1.54) is 12.1 Å². The van der Waals surface area contributed by atoms with Crippen molar-refractivity contribution in [1.82, 2.24) is 14.9 Å². The number of aromatic nitrogens is 2. The van der Waals surface area contributed by atoms with Crippen LogP contribution < -0.4 is 4.90 Å².